The van der Waals surface area contributed by atoms with Crippen LogP contribution in [0.3, 0.4) is 0 Å². The quantitative estimate of drug-likeness (QED) is 0.675. The molecule has 2 rings (SSSR count). The molecule has 0 unspecified atom stereocenters. The van der Waals surface area contributed by atoms with Crippen LogP contribution in [0.2, 0.25) is 0 Å². The van der Waals surface area contributed by atoms with E-state index in [1.54, 1.807) is 10.9 Å². The molecule has 2 heterocycles. The van der Waals surface area contributed by atoms with Gasteiger partial charge in [0.15, 0.2) is 0 Å². The lowest BCUT2D eigenvalue weighted by molar-refractivity contribution is 0.589. The molecule has 0 aromatic carbocycles. The van der Waals surface area contributed by atoms with E-state index >= 15 is 0 Å². The van der Waals surface area contributed by atoms with Crippen LogP contribution >= 0.6 is 0 Å². The van der Waals surface area contributed by atoms with Crippen molar-refractivity contribution in [3.63, 3.8) is 0 Å². The Morgan fingerprint density at radius 3 is 3.00 bits per heavy atom. The lowest BCUT2D eigenvalue weighted by Gasteiger charge is -1.96. The molecule has 2 aromatic rings. The first-order chi connectivity index (χ1) is 6.34. The highest BCUT2D eigenvalue weighted by Crippen LogP contribution is 1.98. The first-order valence-corrected chi connectivity index (χ1v) is 4.16. The predicted molar refractivity (Wildman–Crippen MR) is 46.9 cm³/mol. The molecule has 0 bridgehead atoms. The van der Waals surface area contributed by atoms with Crippen LogP contribution in [-0.2, 0) is 20.0 Å². The van der Waals surface area contributed by atoms with Gasteiger partial charge in [-0.15, -0.1) is 5.10 Å². The fourth-order valence-corrected chi connectivity index (χ4v) is 1.20. The second kappa shape index (κ2) is 3.38. The van der Waals surface area contributed by atoms with Crippen LogP contribution in [0, 0.1) is 0 Å². The van der Waals surface area contributed by atoms with Crippen molar-refractivity contribution in [1.82, 2.24) is 24.8 Å². The van der Waals surface area contributed by atoms with E-state index < -0.39 is 0 Å². The van der Waals surface area contributed by atoms with Crippen molar-refractivity contribution in [3.05, 3.63) is 30.4 Å². The molecule has 13 heavy (non-hydrogen) atoms. The highest BCUT2D eigenvalue weighted by molar-refractivity contribution is 5.03. The summed E-state index contributed by atoms with van der Waals surface area (Å²) >= 11 is 0. The van der Waals surface area contributed by atoms with Gasteiger partial charge in [-0.3, -0.25) is 9.36 Å². The van der Waals surface area contributed by atoms with Gasteiger partial charge in [0.2, 0.25) is 0 Å². The van der Waals surface area contributed by atoms with Crippen molar-refractivity contribution in [3.8, 4) is 0 Å². The fraction of sp³-hybridized carbons (Fsp3) is 0.375. The lowest BCUT2D eigenvalue weighted by Crippen LogP contribution is -2.01. The minimum Gasteiger partial charge on any atom is -0.276 e. The zero-order valence-electron chi connectivity index (χ0n) is 7.46. The normalized spacial score (nSPS) is 10.5. The summed E-state index contributed by atoms with van der Waals surface area (Å²) in [7, 11) is 1.92. The molecule has 0 aliphatic carbocycles. The summed E-state index contributed by atoms with van der Waals surface area (Å²) in [4.78, 5) is 0. The molecule has 2 aromatic heterocycles. The summed E-state index contributed by atoms with van der Waals surface area (Å²) in [5.74, 6) is 0. The second-order valence-corrected chi connectivity index (χ2v) is 2.94. The maximum Gasteiger partial charge on any atom is 0.0692 e. The van der Waals surface area contributed by atoms with Crippen molar-refractivity contribution < 1.29 is 0 Å². The van der Waals surface area contributed by atoms with Gasteiger partial charge in [-0.1, -0.05) is 5.21 Å². The van der Waals surface area contributed by atoms with Crippen molar-refractivity contribution in [2.45, 2.75) is 13.0 Å². The third-order valence-corrected chi connectivity index (χ3v) is 1.86. The minimum atomic E-state index is 0.853. The number of nitrogens with zero attached hydrogens (tertiary/aromatic N) is 5. The summed E-state index contributed by atoms with van der Waals surface area (Å²) < 4.78 is 3.61. The Morgan fingerprint density at radius 1 is 1.46 bits per heavy atom. The topological polar surface area (TPSA) is 48.5 Å². The third-order valence-electron chi connectivity index (χ3n) is 1.86. The van der Waals surface area contributed by atoms with Crippen LogP contribution in [0.15, 0.2) is 24.8 Å². The molecule has 0 N–H and O–H groups in total. The molecule has 5 nitrogen and oxygen atoms in total. The molecule has 0 spiro atoms. The maximum absolute atomic E-state index is 4.09. The Morgan fingerprint density at radius 2 is 2.38 bits per heavy atom. The molecular weight excluding hydrogens is 166 g/mol. The van der Waals surface area contributed by atoms with Gasteiger partial charge in [-0.05, 0) is 12.0 Å². The number of hydrogen-bond donors (Lipinski definition) is 0. The molecule has 68 valence electrons. The molecule has 0 aliphatic heterocycles. The van der Waals surface area contributed by atoms with Gasteiger partial charge in [-0.25, -0.2) is 0 Å². The monoisotopic (exact) mass is 177 g/mol. The molecule has 0 amide bonds. The highest BCUT2D eigenvalue weighted by atomic mass is 15.4. The van der Waals surface area contributed by atoms with Gasteiger partial charge in [0.1, 0.15) is 0 Å². The molecule has 0 saturated carbocycles. The smallest absolute Gasteiger partial charge is 0.0692 e. The average Bonchev–Trinajstić information content (AvgIpc) is 2.71. The van der Waals surface area contributed by atoms with Gasteiger partial charge in [0.05, 0.1) is 12.4 Å². The van der Waals surface area contributed by atoms with E-state index in [-0.39, 0.29) is 0 Å². The molecular formula is C8H11N5. The maximum atomic E-state index is 4.09. The summed E-state index contributed by atoms with van der Waals surface area (Å²) in [6, 6.07) is 0. The Balaban J connectivity index is 1.93. The first kappa shape index (κ1) is 7.97. The van der Waals surface area contributed by atoms with Gasteiger partial charge in [0.25, 0.3) is 0 Å². The van der Waals surface area contributed by atoms with Gasteiger partial charge in [0, 0.05) is 26.0 Å². The van der Waals surface area contributed by atoms with Crippen LogP contribution in [0.4, 0.5) is 0 Å². The van der Waals surface area contributed by atoms with E-state index in [9.17, 15) is 0 Å². The zero-order valence-corrected chi connectivity index (χ0v) is 7.46. The number of aromatic nitrogens is 5. The third kappa shape index (κ3) is 1.93. The van der Waals surface area contributed by atoms with Crippen molar-refractivity contribution in [1.29, 1.82) is 0 Å². The standard InChI is InChI=1S/C8H11N5/c1-12-7-8(6-10-12)2-4-13-5-3-9-11-13/h3,5-7H,2,4H2,1H3. The fourth-order valence-electron chi connectivity index (χ4n) is 1.20. The Hall–Kier alpha value is -1.65. The van der Waals surface area contributed by atoms with Crippen LogP contribution < -0.4 is 0 Å². The number of hydrogen-bond acceptors (Lipinski definition) is 3. The highest BCUT2D eigenvalue weighted by Gasteiger charge is 1.96. The van der Waals surface area contributed by atoms with Crippen molar-refractivity contribution in [2.24, 2.45) is 7.05 Å². The van der Waals surface area contributed by atoms with E-state index in [0.29, 0.717) is 0 Å². The Labute approximate surface area is 76.0 Å². The number of aryl methyl sites for hydroxylation is 3. The van der Waals surface area contributed by atoms with E-state index in [1.165, 1.54) is 5.56 Å². The summed E-state index contributed by atoms with van der Waals surface area (Å²) in [5, 5.41) is 11.7. The van der Waals surface area contributed by atoms with E-state index in [0.717, 1.165) is 13.0 Å². The van der Waals surface area contributed by atoms with Crippen LogP contribution in [0.5, 0.6) is 0 Å². The second-order valence-electron chi connectivity index (χ2n) is 2.94. The Bertz CT molecular complexity index is 362. The summed E-state index contributed by atoms with van der Waals surface area (Å²) in [6.07, 6.45) is 8.37. The Kier molecular flexibility index (Phi) is 2.08. The van der Waals surface area contributed by atoms with E-state index in [2.05, 4.69) is 15.4 Å². The SMILES string of the molecule is Cn1cc(CCn2ccnn2)cn1. The van der Waals surface area contributed by atoms with E-state index in [1.807, 2.05) is 30.3 Å². The number of rotatable bonds is 3. The van der Waals surface area contributed by atoms with Crippen LogP contribution in [0.25, 0.3) is 0 Å². The van der Waals surface area contributed by atoms with Gasteiger partial charge in [-0.2, -0.15) is 5.10 Å². The zero-order chi connectivity index (χ0) is 9.10. The van der Waals surface area contributed by atoms with Crippen LogP contribution in [-0.4, -0.2) is 24.8 Å². The molecule has 0 atom stereocenters. The van der Waals surface area contributed by atoms with Crippen LogP contribution in [0.1, 0.15) is 5.56 Å². The largest absolute Gasteiger partial charge is 0.276 e. The summed E-state index contributed by atoms with van der Waals surface area (Å²) in [5.41, 5.74) is 1.22. The molecule has 0 aliphatic rings. The van der Waals surface area contributed by atoms with Crippen molar-refractivity contribution in [2.75, 3.05) is 0 Å². The van der Waals surface area contributed by atoms with E-state index in [4.69, 9.17) is 0 Å². The minimum absolute atomic E-state index is 0.853. The molecule has 5 heteroatoms. The predicted octanol–water partition coefficient (Wildman–Crippen LogP) is 0.254. The van der Waals surface area contributed by atoms with Gasteiger partial charge < -0.3 is 0 Å². The van der Waals surface area contributed by atoms with Crippen molar-refractivity contribution >= 4 is 0 Å². The lowest BCUT2D eigenvalue weighted by atomic mass is 10.2. The molecule has 0 fully saturated rings. The molecule has 0 saturated heterocycles. The average molecular weight is 177 g/mol. The first-order valence-electron chi connectivity index (χ1n) is 4.16. The summed E-state index contributed by atoms with van der Waals surface area (Å²) in [6.45, 7) is 0.853. The molecule has 0 radical (unpaired) electrons. The van der Waals surface area contributed by atoms with Gasteiger partial charge >= 0.3 is 0 Å².